The number of aliphatic imine (C=N–C) groups is 1. The fourth-order valence-electron chi connectivity index (χ4n) is 3.29. The van der Waals surface area contributed by atoms with Gasteiger partial charge in [-0.25, -0.2) is 0 Å². The first kappa shape index (κ1) is 19.4. The first-order valence-electron chi connectivity index (χ1n) is 9.49. The third kappa shape index (κ3) is 5.30. The van der Waals surface area contributed by atoms with Gasteiger partial charge in [0.05, 0.1) is 11.2 Å². The number of hydrogen-bond donors (Lipinski definition) is 1. The van der Waals surface area contributed by atoms with E-state index in [1.807, 2.05) is 11.3 Å². The van der Waals surface area contributed by atoms with Crippen molar-refractivity contribution < 1.29 is 0 Å². The number of nitrogens with one attached hydrogen (secondary N) is 1. The second kappa shape index (κ2) is 9.51. The first-order valence-corrected chi connectivity index (χ1v) is 11.2. The number of thioether (sulfide) groups is 1. The van der Waals surface area contributed by atoms with E-state index in [9.17, 15) is 0 Å². The molecule has 1 unspecified atom stereocenters. The quantitative estimate of drug-likeness (QED) is 0.514. The van der Waals surface area contributed by atoms with Gasteiger partial charge in [-0.1, -0.05) is 19.8 Å². The van der Waals surface area contributed by atoms with Gasteiger partial charge in [0.2, 0.25) is 0 Å². The minimum Gasteiger partial charge on any atom is -0.374 e. The lowest BCUT2D eigenvalue weighted by molar-refractivity contribution is 0.757. The van der Waals surface area contributed by atoms with Crippen LogP contribution < -0.4 is 5.32 Å². The summed E-state index contributed by atoms with van der Waals surface area (Å²) in [6, 6.07) is 3.02. The van der Waals surface area contributed by atoms with Gasteiger partial charge in [-0.05, 0) is 44.7 Å². The average molecular weight is 389 g/mol. The third-order valence-electron chi connectivity index (χ3n) is 4.54. The minimum absolute atomic E-state index is 0.444. The van der Waals surface area contributed by atoms with Gasteiger partial charge in [0.1, 0.15) is 10.7 Å². The van der Waals surface area contributed by atoms with Crippen LogP contribution in [0.15, 0.2) is 29.6 Å². The highest BCUT2D eigenvalue weighted by molar-refractivity contribution is 8.14. The van der Waals surface area contributed by atoms with Crippen LogP contribution >= 0.6 is 23.1 Å². The highest BCUT2D eigenvalue weighted by Gasteiger charge is 2.18. The van der Waals surface area contributed by atoms with E-state index in [1.54, 1.807) is 30.4 Å². The zero-order valence-electron chi connectivity index (χ0n) is 15.9. The van der Waals surface area contributed by atoms with Crippen molar-refractivity contribution in [2.24, 2.45) is 4.99 Å². The number of thiophene rings is 1. The summed E-state index contributed by atoms with van der Waals surface area (Å²) in [5.41, 5.74) is 2.25. The van der Waals surface area contributed by atoms with Crippen LogP contribution in [-0.2, 0) is 6.42 Å². The molecule has 4 nitrogen and oxygen atoms in total. The number of aryl methyl sites for hydroxylation is 1. The van der Waals surface area contributed by atoms with Crippen LogP contribution in [0.2, 0.25) is 0 Å². The van der Waals surface area contributed by atoms with Gasteiger partial charge in [0.15, 0.2) is 0 Å². The second-order valence-electron chi connectivity index (χ2n) is 6.85. The van der Waals surface area contributed by atoms with E-state index in [2.05, 4.69) is 47.1 Å². The van der Waals surface area contributed by atoms with Crippen LogP contribution in [0, 0.1) is 6.92 Å². The summed E-state index contributed by atoms with van der Waals surface area (Å²) in [5.74, 6) is 0. The van der Waals surface area contributed by atoms with Crippen molar-refractivity contribution in [3.05, 3.63) is 40.8 Å². The van der Waals surface area contributed by atoms with Crippen molar-refractivity contribution in [3.63, 3.8) is 0 Å². The van der Waals surface area contributed by atoms with E-state index in [0.717, 1.165) is 23.7 Å². The van der Waals surface area contributed by atoms with Gasteiger partial charge in [-0.15, -0.1) is 23.1 Å². The smallest absolute Gasteiger partial charge is 0.118 e. The molecule has 0 amide bonds. The van der Waals surface area contributed by atoms with E-state index in [-0.39, 0.29) is 0 Å². The Balaban J connectivity index is 1.62. The van der Waals surface area contributed by atoms with Crippen molar-refractivity contribution >= 4 is 33.1 Å². The van der Waals surface area contributed by atoms with Crippen molar-refractivity contribution in [2.45, 2.75) is 64.2 Å². The number of rotatable bonds is 7. The van der Waals surface area contributed by atoms with E-state index < -0.39 is 0 Å². The lowest BCUT2D eigenvalue weighted by Gasteiger charge is -2.13. The molecule has 1 aliphatic rings. The first-order chi connectivity index (χ1) is 12.7. The van der Waals surface area contributed by atoms with E-state index >= 15 is 0 Å². The van der Waals surface area contributed by atoms with Gasteiger partial charge in [-0.3, -0.25) is 15.0 Å². The fourth-order valence-corrected chi connectivity index (χ4v) is 5.75. The number of aromatic nitrogens is 2. The Morgan fingerprint density at radius 1 is 1.38 bits per heavy atom. The number of nitrogens with zero attached hydrogens (tertiary/aromatic N) is 3. The summed E-state index contributed by atoms with van der Waals surface area (Å²) >= 11 is 3.72. The van der Waals surface area contributed by atoms with Gasteiger partial charge < -0.3 is 5.32 Å². The molecule has 0 spiro atoms. The molecule has 0 aliphatic heterocycles. The number of anilines is 1. The van der Waals surface area contributed by atoms with Crippen LogP contribution in [0.5, 0.6) is 0 Å². The molecule has 1 atom stereocenters. The second-order valence-corrected chi connectivity index (χ2v) is 9.42. The van der Waals surface area contributed by atoms with Gasteiger partial charge in [0.25, 0.3) is 0 Å². The molecular formula is C20H28N4S2. The standard InChI is InChI=1S/C20H28N4S2/c1-4-22-20(18-13-21-9-10-23-18)25-15(3)12-17-11-14(2)19(26-17)24-16-7-5-6-8-16/h9-11,13,15-16,24H,4-8,12H2,1-3H3. The van der Waals surface area contributed by atoms with Gasteiger partial charge in [0, 0.05) is 35.1 Å². The predicted octanol–water partition coefficient (Wildman–Crippen LogP) is 5.33. The molecule has 0 aromatic carbocycles. The van der Waals surface area contributed by atoms with Crippen molar-refractivity contribution in [2.75, 3.05) is 11.9 Å². The Morgan fingerprint density at radius 3 is 2.88 bits per heavy atom. The molecule has 26 heavy (non-hydrogen) atoms. The molecule has 1 N–H and O–H groups in total. The summed E-state index contributed by atoms with van der Waals surface area (Å²) in [6.07, 6.45) is 11.6. The highest BCUT2D eigenvalue weighted by Crippen LogP contribution is 2.33. The third-order valence-corrected chi connectivity index (χ3v) is 6.87. The summed E-state index contributed by atoms with van der Waals surface area (Å²) in [5, 5.41) is 6.56. The Morgan fingerprint density at radius 2 is 2.19 bits per heavy atom. The molecule has 140 valence electrons. The van der Waals surface area contributed by atoms with Crippen LogP contribution in [0.25, 0.3) is 0 Å². The molecule has 1 saturated carbocycles. The van der Waals surface area contributed by atoms with Gasteiger partial charge >= 0.3 is 0 Å². The molecule has 1 fully saturated rings. The van der Waals surface area contributed by atoms with Crippen molar-refractivity contribution in [1.82, 2.24) is 9.97 Å². The topological polar surface area (TPSA) is 50.2 Å². The normalized spacial score (nSPS) is 16.8. The van der Waals surface area contributed by atoms with Crippen LogP contribution in [0.4, 0.5) is 5.00 Å². The SMILES string of the molecule is CCN=C(SC(C)Cc1cc(C)c(NC2CCCC2)s1)c1cnccn1. The molecule has 0 saturated heterocycles. The molecule has 6 heteroatoms. The Bertz CT molecular complexity index is 721. The zero-order chi connectivity index (χ0) is 18.4. The van der Waals surface area contributed by atoms with E-state index in [1.165, 1.54) is 41.1 Å². The maximum Gasteiger partial charge on any atom is 0.118 e. The zero-order valence-corrected chi connectivity index (χ0v) is 17.5. The van der Waals surface area contributed by atoms with Crippen molar-refractivity contribution in [3.8, 4) is 0 Å². The summed E-state index contributed by atoms with van der Waals surface area (Å²) in [6.45, 7) is 7.31. The van der Waals surface area contributed by atoms with Crippen LogP contribution in [0.3, 0.4) is 0 Å². The Labute approximate surface area is 165 Å². The molecule has 2 heterocycles. The molecule has 2 aromatic heterocycles. The monoisotopic (exact) mass is 388 g/mol. The van der Waals surface area contributed by atoms with Crippen LogP contribution in [-0.4, -0.2) is 32.8 Å². The summed E-state index contributed by atoms with van der Waals surface area (Å²) in [4.78, 5) is 14.7. The minimum atomic E-state index is 0.444. The molecule has 1 aliphatic carbocycles. The molecule has 0 bridgehead atoms. The number of hydrogen-bond acceptors (Lipinski definition) is 6. The van der Waals surface area contributed by atoms with E-state index in [0.29, 0.717) is 11.3 Å². The fraction of sp³-hybridized carbons (Fsp3) is 0.550. The van der Waals surface area contributed by atoms with Gasteiger partial charge in [-0.2, -0.15) is 0 Å². The average Bonchev–Trinajstić information content (AvgIpc) is 3.26. The Hall–Kier alpha value is -1.40. The van der Waals surface area contributed by atoms with Crippen molar-refractivity contribution in [1.29, 1.82) is 0 Å². The molecule has 2 aromatic rings. The summed E-state index contributed by atoms with van der Waals surface area (Å²) in [7, 11) is 0. The highest BCUT2D eigenvalue weighted by atomic mass is 32.2. The molecular weight excluding hydrogens is 360 g/mol. The maximum absolute atomic E-state index is 4.64. The maximum atomic E-state index is 4.64. The Kier molecular flexibility index (Phi) is 7.08. The lowest BCUT2D eigenvalue weighted by Crippen LogP contribution is -2.13. The predicted molar refractivity (Wildman–Crippen MR) is 115 cm³/mol. The van der Waals surface area contributed by atoms with Crippen LogP contribution in [0.1, 0.15) is 55.7 Å². The summed E-state index contributed by atoms with van der Waals surface area (Å²) < 4.78 is 0. The lowest BCUT2D eigenvalue weighted by atomic mass is 10.2. The molecule has 3 rings (SSSR count). The van der Waals surface area contributed by atoms with E-state index in [4.69, 9.17) is 0 Å². The largest absolute Gasteiger partial charge is 0.374 e. The molecule has 0 radical (unpaired) electrons.